The number of urea groups is 1. The fourth-order valence-electron chi connectivity index (χ4n) is 2.52. The molecule has 6 heteroatoms. The van der Waals surface area contributed by atoms with Crippen LogP contribution in [0.4, 0.5) is 18.0 Å². The second-order valence-electron chi connectivity index (χ2n) is 5.66. The summed E-state index contributed by atoms with van der Waals surface area (Å²) in [4.78, 5) is 13.6. The van der Waals surface area contributed by atoms with Gasteiger partial charge in [0.25, 0.3) is 0 Å². The highest BCUT2D eigenvalue weighted by Gasteiger charge is 2.32. The number of hydrogen-bond donors (Lipinski definition) is 1. The molecule has 0 aromatic heterocycles. The van der Waals surface area contributed by atoms with Crippen molar-refractivity contribution < 1.29 is 18.0 Å². The summed E-state index contributed by atoms with van der Waals surface area (Å²) in [5, 5.41) is 2.80. The Morgan fingerprint density at radius 2 is 2.10 bits per heavy atom. The number of benzene rings is 1. The number of carbonyl (C=O) groups excluding carboxylic acids is 1. The molecule has 0 aliphatic carbocycles. The molecule has 2 rings (SSSR count). The Morgan fingerprint density at radius 3 is 2.71 bits per heavy atom. The van der Waals surface area contributed by atoms with E-state index in [1.165, 1.54) is 12.1 Å². The van der Waals surface area contributed by atoms with E-state index in [1.54, 1.807) is 11.0 Å². The van der Waals surface area contributed by atoms with Crippen molar-refractivity contribution in [3.8, 4) is 0 Å². The molecule has 1 unspecified atom stereocenters. The predicted octanol–water partition coefficient (Wildman–Crippen LogP) is 3.61. The Balaban J connectivity index is 2.06. The summed E-state index contributed by atoms with van der Waals surface area (Å²) >= 11 is 0. The van der Waals surface area contributed by atoms with E-state index >= 15 is 0 Å². The molecule has 1 atom stereocenters. The van der Waals surface area contributed by atoms with Crippen molar-refractivity contribution in [2.75, 3.05) is 13.1 Å². The largest absolute Gasteiger partial charge is 0.416 e. The Bertz CT molecular complexity index is 514. The highest BCUT2D eigenvalue weighted by atomic mass is 19.4. The first-order valence-electron chi connectivity index (χ1n) is 7.00. The summed E-state index contributed by atoms with van der Waals surface area (Å²) in [6.07, 6.45) is -3.64. The first-order valence-corrected chi connectivity index (χ1v) is 7.00. The van der Waals surface area contributed by atoms with E-state index in [0.29, 0.717) is 25.1 Å². The minimum atomic E-state index is -4.33. The maximum Gasteiger partial charge on any atom is 0.416 e. The van der Waals surface area contributed by atoms with Gasteiger partial charge in [0, 0.05) is 25.0 Å². The average Bonchev–Trinajstić information content (AvgIpc) is 2.86. The molecule has 1 fully saturated rings. The van der Waals surface area contributed by atoms with E-state index in [-0.39, 0.29) is 18.0 Å². The Morgan fingerprint density at radius 1 is 1.38 bits per heavy atom. The summed E-state index contributed by atoms with van der Waals surface area (Å²) in [6.45, 7) is 4.77. The maximum atomic E-state index is 12.7. The molecule has 1 aliphatic heterocycles. The number of halogens is 3. The SMILES string of the molecule is CC(C)NC(=O)N1CCC(c2cccc(C(F)(F)F)c2)C1. The number of hydrogen-bond acceptors (Lipinski definition) is 1. The number of alkyl halides is 3. The quantitative estimate of drug-likeness (QED) is 0.889. The maximum absolute atomic E-state index is 12.7. The lowest BCUT2D eigenvalue weighted by molar-refractivity contribution is -0.137. The van der Waals surface area contributed by atoms with Crippen LogP contribution >= 0.6 is 0 Å². The van der Waals surface area contributed by atoms with Gasteiger partial charge in [-0.25, -0.2) is 4.79 Å². The fraction of sp³-hybridized carbons (Fsp3) is 0.533. The molecule has 116 valence electrons. The fourth-order valence-corrected chi connectivity index (χ4v) is 2.52. The highest BCUT2D eigenvalue weighted by Crippen LogP contribution is 2.33. The summed E-state index contributed by atoms with van der Waals surface area (Å²) in [7, 11) is 0. The smallest absolute Gasteiger partial charge is 0.336 e. The summed E-state index contributed by atoms with van der Waals surface area (Å²) in [5.41, 5.74) is 0.00903. The molecule has 1 aromatic rings. The predicted molar refractivity (Wildman–Crippen MR) is 74.0 cm³/mol. The van der Waals surface area contributed by atoms with Gasteiger partial charge in [0.2, 0.25) is 0 Å². The molecule has 1 aromatic carbocycles. The van der Waals surface area contributed by atoms with E-state index in [4.69, 9.17) is 0 Å². The van der Waals surface area contributed by atoms with E-state index in [1.807, 2.05) is 13.8 Å². The number of carbonyl (C=O) groups is 1. The van der Waals surface area contributed by atoms with E-state index in [9.17, 15) is 18.0 Å². The number of nitrogens with zero attached hydrogens (tertiary/aromatic N) is 1. The van der Waals surface area contributed by atoms with Crippen LogP contribution in [0.1, 0.15) is 37.3 Å². The minimum Gasteiger partial charge on any atom is -0.336 e. The number of likely N-dealkylation sites (tertiary alicyclic amines) is 1. The Kier molecular flexibility index (Phi) is 4.44. The zero-order chi connectivity index (χ0) is 15.6. The molecule has 1 saturated heterocycles. The molecule has 1 heterocycles. The third kappa shape index (κ3) is 3.89. The van der Waals surface area contributed by atoms with Crippen LogP contribution in [0.2, 0.25) is 0 Å². The summed E-state index contributed by atoms with van der Waals surface area (Å²) in [6, 6.07) is 5.28. The molecule has 0 spiro atoms. The van der Waals surface area contributed by atoms with Gasteiger partial charge in [0.15, 0.2) is 0 Å². The molecular formula is C15H19F3N2O. The second kappa shape index (κ2) is 5.95. The van der Waals surface area contributed by atoms with Crippen molar-refractivity contribution in [3.63, 3.8) is 0 Å². The molecule has 21 heavy (non-hydrogen) atoms. The molecule has 3 nitrogen and oxygen atoms in total. The van der Waals surface area contributed by atoms with Crippen LogP contribution in [-0.4, -0.2) is 30.1 Å². The molecule has 0 radical (unpaired) electrons. The minimum absolute atomic E-state index is 0.0368. The number of amides is 2. The lowest BCUT2D eigenvalue weighted by Crippen LogP contribution is -2.41. The van der Waals surface area contributed by atoms with Gasteiger partial charge in [-0.15, -0.1) is 0 Å². The van der Waals surface area contributed by atoms with Gasteiger partial charge < -0.3 is 10.2 Å². The third-order valence-electron chi connectivity index (χ3n) is 3.57. The van der Waals surface area contributed by atoms with Crippen LogP contribution in [0, 0.1) is 0 Å². The lowest BCUT2D eigenvalue weighted by Gasteiger charge is -2.19. The molecule has 0 bridgehead atoms. The second-order valence-corrected chi connectivity index (χ2v) is 5.66. The van der Waals surface area contributed by atoms with Gasteiger partial charge in [-0.1, -0.05) is 18.2 Å². The molecule has 1 aliphatic rings. The van der Waals surface area contributed by atoms with E-state index in [0.717, 1.165) is 6.07 Å². The lowest BCUT2D eigenvalue weighted by atomic mass is 9.96. The zero-order valence-electron chi connectivity index (χ0n) is 12.1. The molecular weight excluding hydrogens is 281 g/mol. The average molecular weight is 300 g/mol. The van der Waals surface area contributed by atoms with Crippen molar-refractivity contribution in [3.05, 3.63) is 35.4 Å². The van der Waals surface area contributed by atoms with Crippen molar-refractivity contribution in [1.29, 1.82) is 0 Å². The Labute approximate surface area is 122 Å². The van der Waals surface area contributed by atoms with E-state index in [2.05, 4.69) is 5.32 Å². The zero-order valence-corrected chi connectivity index (χ0v) is 12.1. The Hall–Kier alpha value is -1.72. The summed E-state index contributed by atoms with van der Waals surface area (Å²) < 4.78 is 38.2. The van der Waals surface area contributed by atoms with Gasteiger partial charge in [-0.2, -0.15) is 13.2 Å². The number of nitrogens with one attached hydrogen (secondary N) is 1. The van der Waals surface area contributed by atoms with Gasteiger partial charge in [0.05, 0.1) is 5.56 Å². The summed E-state index contributed by atoms with van der Waals surface area (Å²) in [5.74, 6) is -0.0368. The van der Waals surface area contributed by atoms with Crippen LogP contribution in [-0.2, 0) is 6.18 Å². The first kappa shape index (κ1) is 15.7. The van der Waals surface area contributed by atoms with Crippen LogP contribution in [0.15, 0.2) is 24.3 Å². The third-order valence-corrected chi connectivity index (χ3v) is 3.57. The topological polar surface area (TPSA) is 32.3 Å². The van der Waals surface area contributed by atoms with Gasteiger partial charge in [-0.05, 0) is 31.9 Å². The van der Waals surface area contributed by atoms with Gasteiger partial charge in [0.1, 0.15) is 0 Å². The van der Waals surface area contributed by atoms with Crippen molar-refractivity contribution in [2.24, 2.45) is 0 Å². The van der Waals surface area contributed by atoms with Gasteiger partial charge >= 0.3 is 12.2 Å². The highest BCUT2D eigenvalue weighted by molar-refractivity contribution is 5.74. The van der Waals surface area contributed by atoms with Crippen molar-refractivity contribution >= 4 is 6.03 Å². The molecule has 2 amide bonds. The standard InChI is InChI=1S/C15H19F3N2O/c1-10(2)19-14(21)20-7-6-12(9-20)11-4-3-5-13(8-11)15(16,17)18/h3-5,8,10,12H,6-7,9H2,1-2H3,(H,19,21). The molecule has 0 saturated carbocycles. The van der Waals surface area contributed by atoms with Crippen molar-refractivity contribution in [2.45, 2.75) is 38.4 Å². The van der Waals surface area contributed by atoms with E-state index < -0.39 is 11.7 Å². The van der Waals surface area contributed by atoms with Crippen LogP contribution < -0.4 is 5.32 Å². The normalized spacial score (nSPS) is 19.1. The number of rotatable bonds is 2. The van der Waals surface area contributed by atoms with Crippen LogP contribution in [0.25, 0.3) is 0 Å². The van der Waals surface area contributed by atoms with Gasteiger partial charge in [-0.3, -0.25) is 0 Å². The monoisotopic (exact) mass is 300 g/mol. The van der Waals surface area contributed by atoms with Crippen LogP contribution in [0.3, 0.4) is 0 Å². The first-order chi connectivity index (χ1) is 9.77. The van der Waals surface area contributed by atoms with Crippen molar-refractivity contribution in [1.82, 2.24) is 10.2 Å². The van der Waals surface area contributed by atoms with Crippen LogP contribution in [0.5, 0.6) is 0 Å². The molecule has 1 N–H and O–H groups in total.